The first-order valence-corrected chi connectivity index (χ1v) is 11.0. The van der Waals surface area contributed by atoms with Crippen LogP contribution in [0.15, 0.2) is 30.3 Å². The van der Waals surface area contributed by atoms with E-state index in [2.05, 4.69) is 54.1 Å². The van der Waals surface area contributed by atoms with Gasteiger partial charge in [-0.25, -0.2) is 0 Å². The van der Waals surface area contributed by atoms with E-state index in [4.69, 9.17) is 5.73 Å². The van der Waals surface area contributed by atoms with E-state index >= 15 is 0 Å². The zero-order chi connectivity index (χ0) is 21.4. The number of aromatic nitrogens is 2. The zero-order valence-electron chi connectivity index (χ0n) is 18.5. The highest BCUT2D eigenvalue weighted by Gasteiger charge is 2.24. The molecule has 1 fully saturated rings. The van der Waals surface area contributed by atoms with Crippen molar-refractivity contribution in [3.05, 3.63) is 52.8 Å². The van der Waals surface area contributed by atoms with Crippen molar-refractivity contribution in [1.29, 1.82) is 0 Å². The first-order chi connectivity index (χ1) is 14.4. The summed E-state index contributed by atoms with van der Waals surface area (Å²) in [6, 6.07) is 11.2. The van der Waals surface area contributed by atoms with Crippen molar-refractivity contribution >= 4 is 16.8 Å². The predicted octanol–water partition coefficient (Wildman–Crippen LogP) is 4.63. The number of aryl methyl sites for hydroxylation is 2. The summed E-state index contributed by atoms with van der Waals surface area (Å²) in [6.45, 7) is 10.3. The van der Waals surface area contributed by atoms with Gasteiger partial charge < -0.3 is 15.6 Å². The standard InChI is InChI=1S/C25H32N4O/c1-15(2)24-21-13-19(18-7-9-29(10-8-18)23(30)14-26)5-6-22(21)28-25(24)20-11-16(3)27-17(4)12-20/h5-6,11-13,15,18,28H,7-10,14,26H2,1-4H3. The van der Waals surface area contributed by atoms with E-state index in [1.165, 1.54) is 33.3 Å². The van der Waals surface area contributed by atoms with Crippen LogP contribution in [0.3, 0.4) is 0 Å². The van der Waals surface area contributed by atoms with Crippen LogP contribution < -0.4 is 5.73 Å². The average molecular weight is 405 g/mol. The molecule has 0 spiro atoms. The number of nitrogens with zero attached hydrogens (tertiary/aromatic N) is 2. The number of fused-ring (bicyclic) bond motifs is 1. The number of likely N-dealkylation sites (tertiary alicyclic amines) is 1. The number of nitrogens with one attached hydrogen (secondary N) is 1. The lowest BCUT2D eigenvalue weighted by Gasteiger charge is -2.32. The number of benzene rings is 1. The summed E-state index contributed by atoms with van der Waals surface area (Å²) in [7, 11) is 0. The largest absolute Gasteiger partial charge is 0.354 e. The van der Waals surface area contributed by atoms with Gasteiger partial charge in [0.2, 0.25) is 5.91 Å². The summed E-state index contributed by atoms with van der Waals surface area (Å²) < 4.78 is 0. The maximum atomic E-state index is 11.9. The normalized spacial score (nSPS) is 15.3. The Kier molecular flexibility index (Phi) is 5.65. The van der Waals surface area contributed by atoms with Crippen molar-refractivity contribution in [2.75, 3.05) is 19.6 Å². The molecule has 3 heterocycles. The summed E-state index contributed by atoms with van der Waals surface area (Å²) >= 11 is 0. The molecule has 3 N–H and O–H groups in total. The third-order valence-corrected chi connectivity index (χ3v) is 6.30. The van der Waals surface area contributed by atoms with Crippen LogP contribution in [0, 0.1) is 13.8 Å². The van der Waals surface area contributed by atoms with E-state index in [1.807, 2.05) is 18.7 Å². The molecule has 3 aromatic rings. The highest BCUT2D eigenvalue weighted by atomic mass is 16.2. The van der Waals surface area contributed by atoms with Crippen LogP contribution in [0.2, 0.25) is 0 Å². The molecule has 0 radical (unpaired) electrons. The third-order valence-electron chi connectivity index (χ3n) is 6.30. The summed E-state index contributed by atoms with van der Waals surface area (Å²) in [6.07, 6.45) is 1.99. The zero-order valence-corrected chi connectivity index (χ0v) is 18.5. The number of H-pyrrole nitrogens is 1. The molecule has 5 nitrogen and oxygen atoms in total. The van der Waals surface area contributed by atoms with Gasteiger partial charge in [-0.1, -0.05) is 19.9 Å². The van der Waals surface area contributed by atoms with Gasteiger partial charge in [-0.2, -0.15) is 0 Å². The van der Waals surface area contributed by atoms with Gasteiger partial charge in [-0.3, -0.25) is 9.78 Å². The molecule has 5 heteroatoms. The number of hydrogen-bond donors (Lipinski definition) is 2. The second-order valence-electron chi connectivity index (χ2n) is 8.87. The van der Waals surface area contributed by atoms with E-state index in [1.54, 1.807) is 0 Å². The molecule has 1 saturated heterocycles. The van der Waals surface area contributed by atoms with Crippen LogP contribution >= 0.6 is 0 Å². The highest BCUT2D eigenvalue weighted by Crippen LogP contribution is 2.38. The monoisotopic (exact) mass is 404 g/mol. The molecular weight excluding hydrogens is 372 g/mol. The molecule has 1 amide bonds. The molecule has 1 aliphatic rings. The van der Waals surface area contributed by atoms with E-state index in [0.29, 0.717) is 11.8 Å². The lowest BCUT2D eigenvalue weighted by molar-refractivity contribution is -0.130. The third kappa shape index (κ3) is 3.86. The Morgan fingerprint density at radius 1 is 1.17 bits per heavy atom. The van der Waals surface area contributed by atoms with Crippen LogP contribution in [-0.4, -0.2) is 40.4 Å². The van der Waals surface area contributed by atoms with E-state index in [0.717, 1.165) is 37.3 Å². The molecule has 1 aliphatic heterocycles. The second-order valence-corrected chi connectivity index (χ2v) is 8.87. The fraction of sp³-hybridized carbons (Fsp3) is 0.440. The topological polar surface area (TPSA) is 75.0 Å². The number of aromatic amines is 1. The fourth-order valence-electron chi connectivity index (χ4n) is 4.88. The van der Waals surface area contributed by atoms with Gasteiger partial charge in [0, 0.05) is 40.9 Å². The van der Waals surface area contributed by atoms with Crippen LogP contribution in [0.1, 0.15) is 61.0 Å². The summed E-state index contributed by atoms with van der Waals surface area (Å²) in [5, 5.41) is 1.31. The SMILES string of the molecule is Cc1cc(-c2[nH]c3ccc(C4CCN(C(=O)CN)CC4)cc3c2C(C)C)cc(C)n1. The number of pyridine rings is 1. The number of hydrogen-bond acceptors (Lipinski definition) is 3. The van der Waals surface area contributed by atoms with E-state index in [-0.39, 0.29) is 12.5 Å². The van der Waals surface area contributed by atoms with Crippen LogP contribution in [0.5, 0.6) is 0 Å². The number of carbonyl (C=O) groups is 1. The molecule has 4 rings (SSSR count). The Morgan fingerprint density at radius 2 is 1.83 bits per heavy atom. The first kappa shape index (κ1) is 20.6. The van der Waals surface area contributed by atoms with Crippen LogP contribution in [0.25, 0.3) is 22.2 Å². The van der Waals surface area contributed by atoms with Crippen molar-refractivity contribution in [3.8, 4) is 11.3 Å². The molecule has 0 unspecified atom stereocenters. The number of carbonyl (C=O) groups excluding carboxylic acids is 1. The number of amides is 1. The molecule has 2 aromatic heterocycles. The van der Waals surface area contributed by atoms with Gasteiger partial charge in [0.25, 0.3) is 0 Å². The Labute approximate surface area is 178 Å². The number of nitrogens with two attached hydrogens (primary N) is 1. The van der Waals surface area contributed by atoms with Crippen molar-refractivity contribution in [1.82, 2.24) is 14.9 Å². The number of rotatable bonds is 4. The fourth-order valence-corrected chi connectivity index (χ4v) is 4.88. The lowest BCUT2D eigenvalue weighted by atomic mass is 9.87. The Bertz CT molecular complexity index is 1050. The van der Waals surface area contributed by atoms with Crippen molar-refractivity contribution in [3.63, 3.8) is 0 Å². The van der Waals surface area contributed by atoms with Gasteiger partial charge in [0.1, 0.15) is 0 Å². The molecule has 30 heavy (non-hydrogen) atoms. The average Bonchev–Trinajstić information content (AvgIpc) is 3.11. The molecule has 1 aromatic carbocycles. The van der Waals surface area contributed by atoms with Gasteiger partial charge in [-0.05, 0) is 73.9 Å². The molecule has 0 aliphatic carbocycles. The number of piperidine rings is 1. The maximum absolute atomic E-state index is 11.9. The van der Waals surface area contributed by atoms with Gasteiger partial charge in [0.15, 0.2) is 0 Å². The summed E-state index contributed by atoms with van der Waals surface area (Å²) in [4.78, 5) is 22.0. The minimum Gasteiger partial charge on any atom is -0.354 e. The Balaban J connectivity index is 1.71. The van der Waals surface area contributed by atoms with Crippen LogP contribution in [0.4, 0.5) is 0 Å². The summed E-state index contributed by atoms with van der Waals surface area (Å²) in [5.41, 5.74) is 13.9. The van der Waals surface area contributed by atoms with Gasteiger partial charge >= 0.3 is 0 Å². The minimum atomic E-state index is 0.0595. The van der Waals surface area contributed by atoms with Crippen molar-refractivity contribution in [2.24, 2.45) is 5.73 Å². The molecular formula is C25H32N4O. The molecule has 0 saturated carbocycles. The van der Waals surface area contributed by atoms with Gasteiger partial charge in [0.05, 0.1) is 12.2 Å². The minimum absolute atomic E-state index is 0.0595. The predicted molar refractivity (Wildman–Crippen MR) is 123 cm³/mol. The van der Waals surface area contributed by atoms with Crippen LogP contribution in [-0.2, 0) is 4.79 Å². The molecule has 0 bridgehead atoms. The quantitative estimate of drug-likeness (QED) is 0.665. The lowest BCUT2D eigenvalue weighted by Crippen LogP contribution is -2.41. The smallest absolute Gasteiger partial charge is 0.236 e. The maximum Gasteiger partial charge on any atom is 0.236 e. The van der Waals surface area contributed by atoms with Crippen molar-refractivity contribution < 1.29 is 4.79 Å². The van der Waals surface area contributed by atoms with E-state index in [9.17, 15) is 4.79 Å². The Hall–Kier alpha value is -2.66. The molecule has 0 atom stereocenters. The molecule has 158 valence electrons. The van der Waals surface area contributed by atoms with E-state index < -0.39 is 0 Å². The summed E-state index contributed by atoms with van der Waals surface area (Å²) in [5.74, 6) is 0.950. The second kappa shape index (κ2) is 8.23. The first-order valence-electron chi connectivity index (χ1n) is 11.0. The van der Waals surface area contributed by atoms with Crippen molar-refractivity contribution in [2.45, 2.75) is 52.4 Å². The Morgan fingerprint density at radius 3 is 2.43 bits per heavy atom. The van der Waals surface area contributed by atoms with Gasteiger partial charge in [-0.15, -0.1) is 0 Å². The highest BCUT2D eigenvalue weighted by molar-refractivity contribution is 5.92.